The number of ketones is 1. The number of fused-ring (bicyclic) bond motifs is 1. The van der Waals surface area contributed by atoms with Gasteiger partial charge in [0.2, 0.25) is 5.88 Å². The highest BCUT2D eigenvalue weighted by atomic mass is 35.5. The zero-order valence-electron chi connectivity index (χ0n) is 17.4. The lowest BCUT2D eigenvalue weighted by Crippen LogP contribution is -2.13. The van der Waals surface area contributed by atoms with Gasteiger partial charge < -0.3 is 14.2 Å². The molecule has 0 amide bonds. The summed E-state index contributed by atoms with van der Waals surface area (Å²) in [5.41, 5.74) is 3.15. The van der Waals surface area contributed by atoms with Crippen LogP contribution in [0.3, 0.4) is 0 Å². The van der Waals surface area contributed by atoms with Crippen LogP contribution in [-0.4, -0.2) is 48.2 Å². The van der Waals surface area contributed by atoms with Crippen LogP contribution in [-0.2, 0) is 27.1 Å². The van der Waals surface area contributed by atoms with Crippen molar-refractivity contribution in [3.8, 4) is 5.88 Å². The number of thiazole rings is 1. The number of hydrogen-bond acceptors (Lipinski definition) is 8. The van der Waals surface area contributed by atoms with Crippen molar-refractivity contribution in [1.82, 2.24) is 15.0 Å². The minimum absolute atomic E-state index is 0.00619. The summed E-state index contributed by atoms with van der Waals surface area (Å²) in [5, 5.41) is 1.38. The second-order valence-electron chi connectivity index (χ2n) is 6.81. The largest absolute Gasteiger partial charge is 0.475 e. The van der Waals surface area contributed by atoms with Crippen LogP contribution in [0.25, 0.3) is 10.3 Å². The fraction of sp³-hybridized carbons (Fsp3) is 0.429. The first-order chi connectivity index (χ1) is 14.4. The van der Waals surface area contributed by atoms with Gasteiger partial charge >= 0.3 is 0 Å². The van der Waals surface area contributed by atoms with Crippen LogP contribution >= 0.6 is 22.9 Å². The summed E-state index contributed by atoms with van der Waals surface area (Å²) < 4.78 is 16.2. The van der Waals surface area contributed by atoms with Crippen molar-refractivity contribution < 1.29 is 19.0 Å². The molecule has 0 aliphatic heterocycles. The third kappa shape index (κ3) is 5.31. The molecule has 3 aromatic heterocycles. The second-order valence-corrected chi connectivity index (χ2v) is 8.43. The highest BCUT2D eigenvalue weighted by Crippen LogP contribution is 2.31. The number of Topliss-reactive ketones (excluding diaryl/α,β-unsaturated/α-hetero) is 1. The highest BCUT2D eigenvalue weighted by Gasteiger charge is 2.21. The molecule has 0 N–H and O–H groups in total. The van der Waals surface area contributed by atoms with Gasteiger partial charge in [-0.25, -0.2) is 15.0 Å². The number of ether oxygens (including phenoxy) is 3. The van der Waals surface area contributed by atoms with Gasteiger partial charge in [0, 0.05) is 50.6 Å². The standard InChI is InChI=1S/C21H24ClN3O4S/c1-12(28-4)18-15(10-24-21-19(18)25-13(2)30-21)9-17(26)8-14-7-16(22)11-23-20(14)29-6-5-27-3/h7,10-12H,5-6,8-9H2,1-4H3/t12-/m0/s1. The van der Waals surface area contributed by atoms with E-state index in [1.165, 1.54) is 17.5 Å². The highest BCUT2D eigenvalue weighted by molar-refractivity contribution is 7.18. The molecule has 0 fully saturated rings. The van der Waals surface area contributed by atoms with Crippen LogP contribution in [0.2, 0.25) is 5.02 Å². The average Bonchev–Trinajstić information content (AvgIpc) is 3.09. The van der Waals surface area contributed by atoms with Gasteiger partial charge in [0.25, 0.3) is 0 Å². The fourth-order valence-corrected chi connectivity index (χ4v) is 4.14. The summed E-state index contributed by atoms with van der Waals surface area (Å²) in [6.45, 7) is 4.65. The summed E-state index contributed by atoms with van der Waals surface area (Å²) in [4.78, 5) is 27.1. The predicted octanol–water partition coefficient (Wildman–Crippen LogP) is 4.14. The quantitative estimate of drug-likeness (QED) is 0.430. The van der Waals surface area contributed by atoms with E-state index in [1.54, 1.807) is 26.5 Å². The van der Waals surface area contributed by atoms with E-state index in [0.717, 1.165) is 26.5 Å². The molecule has 0 saturated heterocycles. The molecule has 0 aliphatic carbocycles. The average molecular weight is 450 g/mol. The van der Waals surface area contributed by atoms with Crippen LogP contribution < -0.4 is 4.74 Å². The van der Waals surface area contributed by atoms with Crippen LogP contribution in [0.1, 0.15) is 34.7 Å². The number of hydrogen-bond donors (Lipinski definition) is 0. The molecule has 0 spiro atoms. The van der Waals surface area contributed by atoms with Crippen molar-refractivity contribution in [2.45, 2.75) is 32.8 Å². The molecule has 0 saturated carbocycles. The summed E-state index contributed by atoms with van der Waals surface area (Å²) in [6, 6.07) is 1.71. The maximum Gasteiger partial charge on any atom is 0.217 e. The Kier molecular flexibility index (Phi) is 7.71. The van der Waals surface area contributed by atoms with Gasteiger partial charge in [0.05, 0.1) is 22.7 Å². The molecule has 30 heavy (non-hydrogen) atoms. The summed E-state index contributed by atoms with van der Waals surface area (Å²) >= 11 is 7.61. The van der Waals surface area contributed by atoms with E-state index < -0.39 is 0 Å². The van der Waals surface area contributed by atoms with Gasteiger partial charge in [0.1, 0.15) is 22.7 Å². The molecule has 3 heterocycles. The van der Waals surface area contributed by atoms with E-state index in [2.05, 4.69) is 15.0 Å². The molecule has 3 rings (SSSR count). The monoisotopic (exact) mass is 449 g/mol. The molecule has 0 aromatic carbocycles. The number of nitrogens with zero attached hydrogens (tertiary/aromatic N) is 3. The lowest BCUT2D eigenvalue weighted by Gasteiger charge is -2.15. The molecule has 0 bridgehead atoms. The van der Waals surface area contributed by atoms with E-state index >= 15 is 0 Å². The van der Waals surface area contributed by atoms with E-state index in [1.807, 2.05) is 13.8 Å². The SMILES string of the molecule is COCCOc1ncc(Cl)cc1CC(=O)Cc1cnc2sc(C)nc2c1[C@H](C)OC. The molecular formula is C21H24ClN3O4S. The van der Waals surface area contributed by atoms with Gasteiger partial charge in [-0.3, -0.25) is 4.79 Å². The Morgan fingerprint density at radius 2 is 1.93 bits per heavy atom. The Labute approximate surface area is 184 Å². The number of pyridine rings is 2. The molecule has 0 aliphatic rings. The van der Waals surface area contributed by atoms with E-state index in [9.17, 15) is 4.79 Å². The van der Waals surface area contributed by atoms with Crippen molar-refractivity contribution in [2.24, 2.45) is 0 Å². The van der Waals surface area contributed by atoms with Crippen LogP contribution in [0, 0.1) is 6.92 Å². The minimum Gasteiger partial charge on any atom is -0.475 e. The van der Waals surface area contributed by atoms with Gasteiger partial charge in [-0.2, -0.15) is 0 Å². The zero-order chi connectivity index (χ0) is 21.7. The predicted molar refractivity (Wildman–Crippen MR) is 117 cm³/mol. The Morgan fingerprint density at radius 3 is 2.67 bits per heavy atom. The number of methoxy groups -OCH3 is 2. The van der Waals surface area contributed by atoms with Crippen molar-refractivity contribution in [2.75, 3.05) is 27.4 Å². The second kappa shape index (κ2) is 10.3. The minimum atomic E-state index is -0.208. The molecule has 9 heteroatoms. The lowest BCUT2D eigenvalue weighted by molar-refractivity contribution is -0.117. The number of aryl methyl sites for hydroxylation is 1. The Morgan fingerprint density at radius 1 is 1.17 bits per heavy atom. The third-order valence-electron chi connectivity index (χ3n) is 4.61. The number of halogens is 1. The van der Waals surface area contributed by atoms with E-state index in [0.29, 0.717) is 29.7 Å². The van der Waals surface area contributed by atoms with Crippen LogP contribution in [0.15, 0.2) is 18.5 Å². The number of carbonyl (C=O) groups excluding carboxylic acids is 1. The summed E-state index contributed by atoms with van der Waals surface area (Å²) in [6.07, 6.45) is 3.38. The molecule has 1 atom stereocenters. The zero-order valence-corrected chi connectivity index (χ0v) is 19.0. The number of rotatable bonds is 10. The van der Waals surface area contributed by atoms with Crippen LogP contribution in [0.5, 0.6) is 5.88 Å². The Bertz CT molecular complexity index is 1040. The maximum absolute atomic E-state index is 12.9. The first-order valence-corrected chi connectivity index (χ1v) is 10.7. The van der Waals surface area contributed by atoms with Crippen molar-refractivity contribution in [1.29, 1.82) is 0 Å². The van der Waals surface area contributed by atoms with Gasteiger partial charge in [-0.05, 0) is 25.5 Å². The molecule has 0 radical (unpaired) electrons. The molecule has 3 aromatic rings. The number of carbonyl (C=O) groups is 1. The lowest BCUT2D eigenvalue weighted by atomic mass is 9.97. The van der Waals surface area contributed by atoms with E-state index in [4.69, 9.17) is 25.8 Å². The number of aromatic nitrogens is 3. The Balaban J connectivity index is 1.85. The Hall–Kier alpha value is -2.13. The first-order valence-electron chi connectivity index (χ1n) is 9.48. The van der Waals surface area contributed by atoms with Gasteiger partial charge in [-0.1, -0.05) is 22.9 Å². The first kappa shape index (κ1) is 22.6. The van der Waals surface area contributed by atoms with Gasteiger partial charge in [-0.15, -0.1) is 0 Å². The normalized spacial score (nSPS) is 12.3. The topological polar surface area (TPSA) is 83.4 Å². The van der Waals surface area contributed by atoms with E-state index in [-0.39, 0.29) is 24.7 Å². The third-order valence-corrected chi connectivity index (χ3v) is 5.69. The van der Waals surface area contributed by atoms with Crippen LogP contribution in [0.4, 0.5) is 0 Å². The van der Waals surface area contributed by atoms with Crippen molar-refractivity contribution in [3.05, 3.63) is 45.2 Å². The molecule has 160 valence electrons. The van der Waals surface area contributed by atoms with Crippen molar-refractivity contribution >= 4 is 39.1 Å². The molecule has 7 nitrogen and oxygen atoms in total. The fourth-order valence-electron chi connectivity index (χ4n) is 3.18. The summed E-state index contributed by atoms with van der Waals surface area (Å²) in [7, 11) is 3.24. The van der Waals surface area contributed by atoms with Gasteiger partial charge in [0.15, 0.2) is 0 Å². The summed E-state index contributed by atoms with van der Waals surface area (Å²) in [5.74, 6) is 0.382. The molecule has 0 unspecified atom stereocenters. The van der Waals surface area contributed by atoms with Crippen molar-refractivity contribution in [3.63, 3.8) is 0 Å². The molecular weight excluding hydrogens is 426 g/mol. The smallest absolute Gasteiger partial charge is 0.217 e. The maximum atomic E-state index is 12.9.